The van der Waals surface area contributed by atoms with Gasteiger partial charge in [0.2, 0.25) is 15.7 Å². The fraction of sp³-hybridized carbons (Fsp3) is 0.0952. The molecule has 1 aromatic heterocycles. The number of hydrogen-bond donors (Lipinski definition) is 0. The number of benzene rings is 3. The van der Waals surface area contributed by atoms with Gasteiger partial charge >= 0.3 is 0 Å². The zero-order chi connectivity index (χ0) is 18.5. The lowest BCUT2D eigenvalue weighted by Gasteiger charge is -2.08. The third-order valence-electron chi connectivity index (χ3n) is 4.60. The van der Waals surface area contributed by atoms with Crippen LogP contribution in [0.4, 0.5) is 0 Å². The Hall–Kier alpha value is -2.92. The summed E-state index contributed by atoms with van der Waals surface area (Å²) in [6, 6.07) is 19.3. The molecule has 0 saturated heterocycles. The SMILES string of the molecule is CC(=O)n1c2ccccc2c2c(S(=O)(=O)c3ccc(C)cc3)cccc21. The van der Waals surface area contributed by atoms with E-state index in [4.69, 9.17) is 0 Å². The minimum Gasteiger partial charge on any atom is -0.280 e. The summed E-state index contributed by atoms with van der Waals surface area (Å²) in [4.78, 5) is 12.7. The molecule has 26 heavy (non-hydrogen) atoms. The van der Waals surface area contributed by atoms with E-state index in [2.05, 4.69) is 0 Å². The molecular weight excluding hydrogens is 346 g/mol. The van der Waals surface area contributed by atoms with Gasteiger partial charge in [-0.3, -0.25) is 9.36 Å². The highest BCUT2D eigenvalue weighted by atomic mass is 32.2. The number of carbonyl (C=O) groups excluding carboxylic acids is 1. The number of rotatable bonds is 2. The van der Waals surface area contributed by atoms with Crippen molar-refractivity contribution >= 4 is 37.6 Å². The van der Waals surface area contributed by atoms with Crippen molar-refractivity contribution in [1.29, 1.82) is 0 Å². The van der Waals surface area contributed by atoms with Crippen molar-refractivity contribution in [2.75, 3.05) is 0 Å². The molecule has 0 N–H and O–H groups in total. The van der Waals surface area contributed by atoms with Gasteiger partial charge in [-0.05, 0) is 37.3 Å². The van der Waals surface area contributed by atoms with Gasteiger partial charge in [0.05, 0.1) is 20.8 Å². The smallest absolute Gasteiger partial charge is 0.228 e. The van der Waals surface area contributed by atoms with Gasteiger partial charge in [-0.1, -0.05) is 42.0 Å². The number of carbonyl (C=O) groups is 1. The number of fused-ring (bicyclic) bond motifs is 3. The molecule has 4 nitrogen and oxygen atoms in total. The van der Waals surface area contributed by atoms with Crippen molar-refractivity contribution in [2.24, 2.45) is 0 Å². The molecule has 0 radical (unpaired) electrons. The molecule has 5 heteroatoms. The zero-order valence-electron chi connectivity index (χ0n) is 14.4. The summed E-state index contributed by atoms with van der Waals surface area (Å²) in [5.41, 5.74) is 2.31. The predicted molar refractivity (Wildman–Crippen MR) is 102 cm³/mol. The quantitative estimate of drug-likeness (QED) is 0.523. The largest absolute Gasteiger partial charge is 0.280 e. The summed E-state index contributed by atoms with van der Waals surface area (Å²) in [5, 5.41) is 1.34. The second-order valence-corrected chi connectivity index (χ2v) is 8.26. The molecule has 0 bridgehead atoms. The van der Waals surface area contributed by atoms with E-state index in [1.807, 2.05) is 31.2 Å². The van der Waals surface area contributed by atoms with Crippen LogP contribution >= 0.6 is 0 Å². The molecule has 0 fully saturated rings. The normalized spacial score (nSPS) is 11.9. The van der Waals surface area contributed by atoms with E-state index in [1.54, 1.807) is 47.0 Å². The van der Waals surface area contributed by atoms with Crippen LogP contribution in [0.2, 0.25) is 0 Å². The molecule has 3 aromatic carbocycles. The van der Waals surface area contributed by atoms with Gasteiger partial charge in [0.25, 0.3) is 0 Å². The van der Waals surface area contributed by atoms with Gasteiger partial charge in [-0.25, -0.2) is 8.42 Å². The monoisotopic (exact) mass is 363 g/mol. The Morgan fingerprint density at radius 3 is 2.19 bits per heavy atom. The third-order valence-corrected chi connectivity index (χ3v) is 6.41. The van der Waals surface area contributed by atoms with Crippen LogP contribution in [0.1, 0.15) is 17.3 Å². The lowest BCUT2D eigenvalue weighted by Crippen LogP contribution is -2.05. The van der Waals surface area contributed by atoms with Gasteiger partial charge in [-0.2, -0.15) is 0 Å². The van der Waals surface area contributed by atoms with Crippen LogP contribution in [0.3, 0.4) is 0 Å². The Morgan fingerprint density at radius 1 is 0.846 bits per heavy atom. The lowest BCUT2D eigenvalue weighted by atomic mass is 10.1. The molecule has 0 saturated carbocycles. The van der Waals surface area contributed by atoms with Gasteiger partial charge in [-0.15, -0.1) is 0 Å². The summed E-state index contributed by atoms with van der Waals surface area (Å²) < 4.78 is 28.1. The van der Waals surface area contributed by atoms with Crippen molar-refractivity contribution in [3.8, 4) is 0 Å². The fourth-order valence-electron chi connectivity index (χ4n) is 3.39. The van der Waals surface area contributed by atoms with E-state index in [-0.39, 0.29) is 15.7 Å². The van der Waals surface area contributed by atoms with E-state index >= 15 is 0 Å². The van der Waals surface area contributed by atoms with Crippen LogP contribution in [0.15, 0.2) is 76.5 Å². The highest BCUT2D eigenvalue weighted by Crippen LogP contribution is 2.36. The minimum atomic E-state index is -3.71. The first-order valence-corrected chi connectivity index (χ1v) is 9.74. The molecule has 0 atom stereocenters. The first-order chi connectivity index (χ1) is 12.4. The molecule has 4 aromatic rings. The summed E-state index contributed by atoms with van der Waals surface area (Å²) in [7, 11) is -3.71. The predicted octanol–water partition coefficient (Wildman–Crippen LogP) is 4.60. The molecule has 1 heterocycles. The Morgan fingerprint density at radius 2 is 1.50 bits per heavy atom. The number of sulfone groups is 1. The number of para-hydroxylation sites is 1. The first kappa shape index (κ1) is 16.5. The Bertz CT molecular complexity index is 1270. The van der Waals surface area contributed by atoms with Crippen LogP contribution in [-0.2, 0) is 9.84 Å². The van der Waals surface area contributed by atoms with Crippen molar-refractivity contribution in [2.45, 2.75) is 23.6 Å². The minimum absolute atomic E-state index is 0.152. The van der Waals surface area contributed by atoms with Crippen LogP contribution in [0.25, 0.3) is 21.8 Å². The highest BCUT2D eigenvalue weighted by Gasteiger charge is 2.24. The molecule has 0 unspecified atom stereocenters. The summed E-state index contributed by atoms with van der Waals surface area (Å²) in [6.07, 6.45) is 0. The molecule has 0 aliphatic carbocycles. The van der Waals surface area contributed by atoms with Crippen molar-refractivity contribution in [3.05, 3.63) is 72.3 Å². The third kappa shape index (κ3) is 2.35. The summed E-state index contributed by atoms with van der Waals surface area (Å²) in [6.45, 7) is 3.39. The summed E-state index contributed by atoms with van der Waals surface area (Å²) in [5.74, 6) is -0.152. The van der Waals surface area contributed by atoms with Crippen molar-refractivity contribution in [3.63, 3.8) is 0 Å². The summed E-state index contributed by atoms with van der Waals surface area (Å²) >= 11 is 0. The topological polar surface area (TPSA) is 56.1 Å². The molecule has 0 amide bonds. The Balaban J connectivity index is 2.14. The zero-order valence-corrected chi connectivity index (χ0v) is 15.2. The molecule has 0 spiro atoms. The van der Waals surface area contributed by atoms with E-state index in [1.165, 1.54) is 6.92 Å². The number of hydrogen-bond acceptors (Lipinski definition) is 3. The molecule has 0 aliphatic rings. The van der Waals surface area contributed by atoms with Crippen LogP contribution in [0, 0.1) is 6.92 Å². The van der Waals surface area contributed by atoms with Crippen molar-refractivity contribution in [1.82, 2.24) is 4.57 Å². The highest BCUT2D eigenvalue weighted by molar-refractivity contribution is 7.91. The lowest BCUT2D eigenvalue weighted by molar-refractivity contribution is 0.0946. The maximum atomic E-state index is 13.3. The van der Waals surface area contributed by atoms with E-state index in [0.717, 1.165) is 10.9 Å². The first-order valence-electron chi connectivity index (χ1n) is 8.26. The standard InChI is InChI=1S/C21H17NO3S/c1-14-10-12-16(13-11-14)26(24,25)20-9-5-8-19-21(20)17-6-3-4-7-18(17)22(19)15(2)23/h3-13H,1-2H3. The van der Waals surface area contributed by atoms with Gasteiger partial charge in [0.1, 0.15) is 0 Å². The van der Waals surface area contributed by atoms with Crippen LogP contribution in [0.5, 0.6) is 0 Å². The Kier molecular flexibility index (Phi) is 3.70. The van der Waals surface area contributed by atoms with Crippen LogP contribution < -0.4 is 0 Å². The Labute approximate surface area is 151 Å². The number of nitrogens with zero attached hydrogens (tertiary/aromatic N) is 1. The van der Waals surface area contributed by atoms with Gasteiger partial charge < -0.3 is 0 Å². The van der Waals surface area contributed by atoms with E-state index in [9.17, 15) is 13.2 Å². The van der Waals surface area contributed by atoms with E-state index in [0.29, 0.717) is 16.4 Å². The fourth-order valence-corrected chi connectivity index (χ4v) is 4.88. The van der Waals surface area contributed by atoms with Crippen LogP contribution in [-0.4, -0.2) is 18.9 Å². The maximum Gasteiger partial charge on any atom is 0.228 e. The van der Waals surface area contributed by atoms with Crippen molar-refractivity contribution < 1.29 is 13.2 Å². The maximum absolute atomic E-state index is 13.3. The molecule has 0 aliphatic heterocycles. The van der Waals surface area contributed by atoms with E-state index < -0.39 is 9.84 Å². The van der Waals surface area contributed by atoms with Gasteiger partial charge in [0.15, 0.2) is 0 Å². The molecule has 130 valence electrons. The molecule has 4 rings (SSSR count). The molecular formula is C21H17NO3S. The van der Waals surface area contributed by atoms with Gasteiger partial charge in [0, 0.05) is 17.7 Å². The second-order valence-electron chi connectivity index (χ2n) is 6.34. The average Bonchev–Trinajstić information content (AvgIpc) is 2.96. The average molecular weight is 363 g/mol. The second kappa shape index (κ2) is 5.81. The number of aromatic nitrogens is 1. The number of aryl methyl sites for hydroxylation is 1.